The summed E-state index contributed by atoms with van der Waals surface area (Å²) in [5.74, 6) is -1.13. The van der Waals surface area contributed by atoms with E-state index in [1.807, 2.05) is 30.4 Å². The average molecular weight is 380 g/mol. The van der Waals surface area contributed by atoms with Gasteiger partial charge in [0.2, 0.25) is 17.7 Å². The number of likely N-dealkylation sites (tertiary alicyclic amines) is 1. The molecule has 1 N–H and O–H groups in total. The van der Waals surface area contributed by atoms with E-state index in [1.165, 1.54) is 11.3 Å². The summed E-state index contributed by atoms with van der Waals surface area (Å²) in [6.45, 7) is -0.261. The monoisotopic (exact) mass is 380 g/mol. The molecule has 8 heteroatoms. The van der Waals surface area contributed by atoms with Crippen LogP contribution in [-0.2, 0) is 14.4 Å². The van der Waals surface area contributed by atoms with Gasteiger partial charge >= 0.3 is 0 Å². The zero-order valence-corrected chi connectivity index (χ0v) is 15.1. The first-order valence-electron chi connectivity index (χ1n) is 8.82. The largest absolute Gasteiger partial charge is 0.300 e. The fourth-order valence-electron chi connectivity index (χ4n) is 4.39. The SMILES string of the molecule is O=C(CN1C(=O)[C@@H]2[C@H](C1=O)[C@H]1C=C[C@H]2C1)Nc1nc(-c2ccccn2)cs1. The number of anilines is 1. The number of aromatic nitrogens is 2. The molecule has 0 spiro atoms. The predicted molar refractivity (Wildman–Crippen MR) is 98.4 cm³/mol. The Kier molecular flexibility index (Phi) is 3.68. The highest BCUT2D eigenvalue weighted by Gasteiger charge is 2.59. The van der Waals surface area contributed by atoms with Crippen LogP contribution in [0.1, 0.15) is 6.42 Å². The van der Waals surface area contributed by atoms with Crippen molar-refractivity contribution in [2.75, 3.05) is 11.9 Å². The molecule has 0 aromatic carbocycles. The number of carbonyl (C=O) groups is 3. The Hall–Kier alpha value is -2.87. The Bertz CT molecular complexity index is 940. The van der Waals surface area contributed by atoms with Crippen LogP contribution < -0.4 is 5.32 Å². The molecule has 27 heavy (non-hydrogen) atoms. The fraction of sp³-hybridized carbons (Fsp3) is 0.316. The Morgan fingerprint density at radius 1 is 1.15 bits per heavy atom. The van der Waals surface area contributed by atoms with Gasteiger partial charge in [-0.3, -0.25) is 24.3 Å². The van der Waals surface area contributed by atoms with Crippen molar-refractivity contribution in [2.24, 2.45) is 23.7 Å². The first-order chi connectivity index (χ1) is 13.1. The molecule has 3 amide bonds. The maximum Gasteiger partial charge on any atom is 0.246 e. The maximum atomic E-state index is 12.6. The van der Waals surface area contributed by atoms with Crippen molar-refractivity contribution in [3.8, 4) is 11.4 Å². The molecule has 2 fully saturated rings. The van der Waals surface area contributed by atoms with E-state index in [1.54, 1.807) is 11.6 Å². The Morgan fingerprint density at radius 3 is 2.56 bits per heavy atom. The van der Waals surface area contributed by atoms with Crippen LogP contribution in [0.15, 0.2) is 41.9 Å². The minimum Gasteiger partial charge on any atom is -0.300 e. The summed E-state index contributed by atoms with van der Waals surface area (Å²) in [5, 5.41) is 4.90. The zero-order chi connectivity index (χ0) is 18.5. The van der Waals surface area contributed by atoms with Gasteiger partial charge in [-0.2, -0.15) is 0 Å². The number of nitrogens with zero attached hydrogens (tertiary/aromatic N) is 3. The Labute approximate surface area is 159 Å². The van der Waals surface area contributed by atoms with Crippen molar-refractivity contribution >= 4 is 34.2 Å². The van der Waals surface area contributed by atoms with Gasteiger partial charge in [-0.25, -0.2) is 4.98 Å². The third-order valence-corrected chi connectivity index (χ3v) is 6.30. The highest BCUT2D eigenvalue weighted by Crippen LogP contribution is 2.52. The molecule has 2 aromatic rings. The van der Waals surface area contributed by atoms with Crippen molar-refractivity contribution in [2.45, 2.75) is 6.42 Å². The van der Waals surface area contributed by atoms with E-state index >= 15 is 0 Å². The number of imide groups is 1. The van der Waals surface area contributed by atoms with Gasteiger partial charge in [0.25, 0.3) is 0 Å². The molecule has 2 aliphatic carbocycles. The van der Waals surface area contributed by atoms with Gasteiger partial charge in [0.05, 0.1) is 17.5 Å². The van der Waals surface area contributed by atoms with Crippen LogP contribution in [0.4, 0.5) is 5.13 Å². The number of pyridine rings is 1. The average Bonchev–Trinajstić information content (AvgIpc) is 3.44. The van der Waals surface area contributed by atoms with Gasteiger partial charge in [-0.1, -0.05) is 18.2 Å². The van der Waals surface area contributed by atoms with Crippen LogP contribution in [0.5, 0.6) is 0 Å². The van der Waals surface area contributed by atoms with Crippen LogP contribution in [0.3, 0.4) is 0 Å². The Morgan fingerprint density at radius 2 is 1.89 bits per heavy atom. The summed E-state index contributed by atoms with van der Waals surface area (Å²) in [5.41, 5.74) is 1.39. The molecule has 7 nitrogen and oxygen atoms in total. The lowest BCUT2D eigenvalue weighted by molar-refractivity contribution is -0.143. The van der Waals surface area contributed by atoms with E-state index in [0.717, 1.165) is 17.0 Å². The molecule has 0 radical (unpaired) electrons. The minimum atomic E-state index is -0.418. The standard InChI is InChI=1S/C19H16N4O3S/c24-14(22-19-21-13(9-27-19)12-3-1-2-6-20-12)8-23-17(25)15-10-4-5-11(7-10)16(15)18(23)26/h1-6,9-11,15-16H,7-8H2,(H,21,22,24)/t10-,11-,15-,16+/m0/s1. The molecule has 136 valence electrons. The second-order valence-electron chi connectivity index (χ2n) is 7.06. The molecule has 4 atom stereocenters. The number of thiazole rings is 1. The number of hydrogen-bond acceptors (Lipinski definition) is 6. The highest BCUT2D eigenvalue weighted by molar-refractivity contribution is 7.14. The first-order valence-corrected chi connectivity index (χ1v) is 9.70. The summed E-state index contributed by atoms with van der Waals surface area (Å²) < 4.78 is 0. The molecular formula is C19H16N4O3S. The molecule has 3 heterocycles. The van der Waals surface area contributed by atoms with Gasteiger partial charge in [0.1, 0.15) is 12.2 Å². The van der Waals surface area contributed by atoms with Crippen LogP contribution in [0.2, 0.25) is 0 Å². The molecule has 5 rings (SSSR count). The summed E-state index contributed by atoms with van der Waals surface area (Å²) in [6.07, 6.45) is 6.63. The van der Waals surface area contributed by atoms with Gasteiger partial charge in [-0.05, 0) is 30.4 Å². The lowest BCUT2D eigenvalue weighted by Crippen LogP contribution is -2.39. The van der Waals surface area contributed by atoms with Gasteiger partial charge in [0, 0.05) is 11.6 Å². The van der Waals surface area contributed by atoms with E-state index in [4.69, 9.17) is 0 Å². The molecule has 2 aromatic heterocycles. The van der Waals surface area contributed by atoms with Crippen LogP contribution in [-0.4, -0.2) is 39.1 Å². The molecule has 1 saturated carbocycles. The number of carbonyl (C=O) groups excluding carboxylic acids is 3. The van der Waals surface area contributed by atoms with Crippen molar-refractivity contribution in [1.29, 1.82) is 0 Å². The second-order valence-corrected chi connectivity index (χ2v) is 7.92. The van der Waals surface area contributed by atoms with E-state index < -0.39 is 5.91 Å². The molecule has 0 unspecified atom stereocenters. The number of amides is 3. The van der Waals surface area contributed by atoms with E-state index in [-0.39, 0.29) is 42.0 Å². The number of allylic oxidation sites excluding steroid dienone is 2. The van der Waals surface area contributed by atoms with Crippen molar-refractivity contribution in [1.82, 2.24) is 14.9 Å². The summed E-state index contributed by atoms with van der Waals surface area (Å²) in [6, 6.07) is 5.52. The maximum absolute atomic E-state index is 12.6. The zero-order valence-electron chi connectivity index (χ0n) is 14.2. The van der Waals surface area contributed by atoms with Gasteiger partial charge in [0.15, 0.2) is 5.13 Å². The summed E-state index contributed by atoms with van der Waals surface area (Å²) in [7, 11) is 0. The van der Waals surface area contributed by atoms with Crippen molar-refractivity contribution < 1.29 is 14.4 Å². The van der Waals surface area contributed by atoms with E-state index in [0.29, 0.717) is 10.8 Å². The number of nitrogens with one attached hydrogen (secondary N) is 1. The van der Waals surface area contributed by atoms with E-state index in [2.05, 4.69) is 15.3 Å². The van der Waals surface area contributed by atoms with Crippen LogP contribution >= 0.6 is 11.3 Å². The third-order valence-electron chi connectivity index (χ3n) is 5.54. The van der Waals surface area contributed by atoms with Crippen molar-refractivity contribution in [3.63, 3.8) is 0 Å². The van der Waals surface area contributed by atoms with E-state index in [9.17, 15) is 14.4 Å². The van der Waals surface area contributed by atoms with Gasteiger partial charge < -0.3 is 5.32 Å². The second kappa shape index (κ2) is 6.09. The molecule has 1 aliphatic heterocycles. The number of rotatable bonds is 4. The topological polar surface area (TPSA) is 92.3 Å². The smallest absolute Gasteiger partial charge is 0.246 e. The lowest BCUT2D eigenvalue weighted by Gasteiger charge is -2.16. The van der Waals surface area contributed by atoms with Crippen LogP contribution in [0.25, 0.3) is 11.4 Å². The Balaban J connectivity index is 1.26. The quantitative estimate of drug-likeness (QED) is 0.647. The summed E-state index contributed by atoms with van der Waals surface area (Å²) in [4.78, 5) is 47.3. The fourth-order valence-corrected chi connectivity index (χ4v) is 5.11. The third kappa shape index (κ3) is 2.59. The van der Waals surface area contributed by atoms with Crippen LogP contribution in [0, 0.1) is 23.7 Å². The lowest BCUT2D eigenvalue weighted by atomic mass is 9.85. The molecule has 3 aliphatic rings. The first kappa shape index (κ1) is 16.3. The molecule has 2 bridgehead atoms. The molecular weight excluding hydrogens is 364 g/mol. The minimum absolute atomic E-state index is 0.143. The van der Waals surface area contributed by atoms with Crippen molar-refractivity contribution in [3.05, 3.63) is 41.9 Å². The highest BCUT2D eigenvalue weighted by atomic mass is 32.1. The predicted octanol–water partition coefficient (Wildman–Crippen LogP) is 1.95. The summed E-state index contributed by atoms with van der Waals surface area (Å²) >= 11 is 1.28. The number of hydrogen-bond donors (Lipinski definition) is 1. The molecule has 1 saturated heterocycles. The number of fused-ring (bicyclic) bond motifs is 5. The normalized spacial score (nSPS) is 28.1. The van der Waals surface area contributed by atoms with Gasteiger partial charge in [-0.15, -0.1) is 11.3 Å².